The Bertz CT molecular complexity index is 1130. The molecular weight excluding hydrogens is 504 g/mol. The van der Waals surface area contributed by atoms with Crippen molar-refractivity contribution in [3.63, 3.8) is 0 Å². The van der Waals surface area contributed by atoms with Gasteiger partial charge in [0, 0.05) is 71.9 Å². The molecule has 1 aliphatic rings. The zero-order valence-electron chi connectivity index (χ0n) is 23.4. The lowest BCUT2D eigenvalue weighted by Crippen LogP contribution is -2.37. The molecule has 0 N–H and O–H groups in total. The van der Waals surface area contributed by atoms with Crippen LogP contribution in [0, 0.1) is 19.8 Å². The molecule has 0 saturated carbocycles. The highest BCUT2D eigenvalue weighted by molar-refractivity contribution is 7.89. The number of pyridine rings is 1. The summed E-state index contributed by atoms with van der Waals surface area (Å²) < 4.78 is 38.6. The predicted molar refractivity (Wildman–Crippen MR) is 149 cm³/mol. The molecule has 3 rings (SSSR count). The number of hydrogen-bond donors (Lipinski definition) is 0. The number of anilines is 1. The van der Waals surface area contributed by atoms with Crippen LogP contribution >= 0.6 is 0 Å². The van der Waals surface area contributed by atoms with Crippen LogP contribution in [0.2, 0.25) is 0 Å². The number of methoxy groups -OCH3 is 1. The van der Waals surface area contributed by atoms with Gasteiger partial charge in [-0.05, 0) is 74.4 Å². The van der Waals surface area contributed by atoms with Crippen LogP contribution in [0.25, 0.3) is 0 Å². The highest BCUT2D eigenvalue weighted by Gasteiger charge is 2.27. The smallest absolute Gasteiger partial charge is 0.243 e. The number of aromatic nitrogens is 1. The van der Waals surface area contributed by atoms with E-state index in [1.165, 1.54) is 17.0 Å². The normalized spacial score (nSPS) is 14.6. The summed E-state index contributed by atoms with van der Waals surface area (Å²) in [7, 11) is 1.19. The van der Waals surface area contributed by atoms with E-state index in [0.717, 1.165) is 32.4 Å². The first kappa shape index (κ1) is 29.9. The van der Waals surface area contributed by atoms with Gasteiger partial charge in [0.15, 0.2) is 0 Å². The molecule has 0 unspecified atom stereocenters. The van der Waals surface area contributed by atoms with E-state index in [1.54, 1.807) is 45.0 Å². The van der Waals surface area contributed by atoms with Crippen molar-refractivity contribution in [2.24, 2.45) is 5.92 Å². The van der Waals surface area contributed by atoms with E-state index in [9.17, 15) is 13.2 Å². The van der Waals surface area contributed by atoms with Gasteiger partial charge in [-0.3, -0.25) is 9.78 Å². The highest BCUT2D eigenvalue weighted by Crippen LogP contribution is 2.28. The van der Waals surface area contributed by atoms with E-state index in [4.69, 9.17) is 9.47 Å². The molecule has 9 nitrogen and oxygen atoms in total. The number of carbonyl (C=O) groups is 1. The van der Waals surface area contributed by atoms with Gasteiger partial charge in [-0.2, -0.15) is 0 Å². The number of amides is 1. The maximum absolute atomic E-state index is 13.3. The molecule has 1 fully saturated rings. The molecule has 1 aromatic carbocycles. The van der Waals surface area contributed by atoms with Gasteiger partial charge in [0.2, 0.25) is 15.9 Å². The monoisotopic (exact) mass is 546 g/mol. The SMILES string of the molecule is COCCOc1cc(C)c(S(=O)(=O)N(C)CCC(=O)N(C)CCC2CCN(c3ccncc3)CC2)c(C)c1. The summed E-state index contributed by atoms with van der Waals surface area (Å²) in [6, 6.07) is 7.54. The number of ether oxygens (including phenoxy) is 2. The van der Waals surface area contributed by atoms with Crippen LogP contribution in [0.4, 0.5) is 5.69 Å². The van der Waals surface area contributed by atoms with Crippen LogP contribution in [0.1, 0.15) is 36.8 Å². The van der Waals surface area contributed by atoms with Gasteiger partial charge in [0.25, 0.3) is 0 Å². The van der Waals surface area contributed by atoms with Gasteiger partial charge >= 0.3 is 0 Å². The summed E-state index contributed by atoms with van der Waals surface area (Å²) in [4.78, 5) is 21.3. The van der Waals surface area contributed by atoms with Gasteiger partial charge in [0.05, 0.1) is 11.5 Å². The van der Waals surface area contributed by atoms with E-state index in [2.05, 4.69) is 9.88 Å². The first-order chi connectivity index (χ1) is 18.1. The molecule has 38 heavy (non-hydrogen) atoms. The largest absolute Gasteiger partial charge is 0.491 e. The van der Waals surface area contributed by atoms with Crippen molar-refractivity contribution in [3.8, 4) is 5.75 Å². The minimum absolute atomic E-state index is 0.0448. The summed E-state index contributed by atoms with van der Waals surface area (Å²) in [6.07, 6.45) is 6.94. The van der Waals surface area contributed by atoms with Crippen molar-refractivity contribution in [2.75, 3.05) is 65.5 Å². The topological polar surface area (TPSA) is 92.3 Å². The van der Waals surface area contributed by atoms with Gasteiger partial charge in [-0.25, -0.2) is 12.7 Å². The molecule has 0 aliphatic carbocycles. The van der Waals surface area contributed by atoms with Crippen LogP contribution in [0.3, 0.4) is 0 Å². The summed E-state index contributed by atoms with van der Waals surface area (Å²) in [5.41, 5.74) is 2.44. The maximum atomic E-state index is 13.3. The lowest BCUT2D eigenvalue weighted by atomic mass is 9.93. The Morgan fingerprint density at radius 2 is 1.68 bits per heavy atom. The van der Waals surface area contributed by atoms with E-state index < -0.39 is 10.0 Å². The molecule has 2 heterocycles. The van der Waals surface area contributed by atoms with Gasteiger partial charge in [-0.15, -0.1) is 0 Å². The Morgan fingerprint density at radius 3 is 2.29 bits per heavy atom. The average Bonchev–Trinajstić information content (AvgIpc) is 2.90. The van der Waals surface area contributed by atoms with Gasteiger partial charge < -0.3 is 19.3 Å². The summed E-state index contributed by atoms with van der Waals surface area (Å²) in [5, 5.41) is 0. The zero-order valence-corrected chi connectivity index (χ0v) is 24.2. The highest BCUT2D eigenvalue weighted by atomic mass is 32.2. The molecule has 1 saturated heterocycles. The van der Waals surface area contributed by atoms with Crippen LogP contribution < -0.4 is 9.64 Å². The molecule has 1 aromatic heterocycles. The summed E-state index contributed by atoms with van der Waals surface area (Å²) in [5.74, 6) is 1.15. The summed E-state index contributed by atoms with van der Waals surface area (Å²) >= 11 is 0. The van der Waals surface area contributed by atoms with Crippen LogP contribution in [-0.2, 0) is 19.6 Å². The molecular formula is C28H42N4O5S. The molecule has 0 atom stereocenters. The molecule has 1 amide bonds. The summed E-state index contributed by atoms with van der Waals surface area (Å²) in [6.45, 7) is 7.19. The predicted octanol–water partition coefficient (Wildman–Crippen LogP) is 3.50. The third-order valence-corrected chi connectivity index (χ3v) is 9.40. The Balaban J connectivity index is 1.46. The fourth-order valence-corrected chi connectivity index (χ4v) is 6.47. The number of carbonyl (C=O) groups excluding carboxylic acids is 1. The molecule has 0 spiro atoms. The number of sulfonamides is 1. The Labute approximate surface area is 227 Å². The third-order valence-electron chi connectivity index (χ3n) is 7.24. The Hall–Kier alpha value is -2.69. The fraction of sp³-hybridized carbons (Fsp3) is 0.571. The van der Waals surface area contributed by atoms with Gasteiger partial charge in [-0.1, -0.05) is 0 Å². The van der Waals surface area contributed by atoms with Crippen molar-refractivity contribution < 1.29 is 22.7 Å². The minimum atomic E-state index is -3.75. The van der Waals surface area contributed by atoms with Crippen molar-refractivity contribution in [2.45, 2.75) is 44.4 Å². The number of piperidine rings is 1. The van der Waals surface area contributed by atoms with Crippen LogP contribution in [0.15, 0.2) is 41.6 Å². The second-order valence-corrected chi connectivity index (χ2v) is 12.0. The maximum Gasteiger partial charge on any atom is 0.243 e. The number of aryl methyl sites for hydroxylation is 2. The quantitative estimate of drug-likeness (QED) is 0.355. The van der Waals surface area contributed by atoms with Gasteiger partial charge in [0.1, 0.15) is 12.4 Å². The minimum Gasteiger partial charge on any atom is -0.491 e. The Morgan fingerprint density at radius 1 is 1.05 bits per heavy atom. The standard InChI is InChI=1S/C28H42N4O5S/c1-22-20-26(37-19-18-36-5)21-23(2)28(22)38(34,35)31(4)15-11-27(33)30(3)14-8-24-9-16-32(17-10-24)25-6-12-29-13-7-25/h6-7,12-13,20-21,24H,8-11,14-19H2,1-5H3. The lowest BCUT2D eigenvalue weighted by Gasteiger charge is -2.34. The number of hydrogen-bond acceptors (Lipinski definition) is 7. The first-order valence-corrected chi connectivity index (χ1v) is 14.7. The average molecular weight is 547 g/mol. The van der Waals surface area contributed by atoms with Crippen LogP contribution in [-0.4, -0.2) is 89.1 Å². The number of benzene rings is 1. The fourth-order valence-electron chi connectivity index (χ4n) is 4.90. The molecule has 0 radical (unpaired) electrons. The molecule has 1 aliphatic heterocycles. The number of rotatable bonds is 13. The second kappa shape index (κ2) is 13.9. The van der Waals surface area contributed by atoms with E-state index in [-0.39, 0.29) is 23.8 Å². The molecule has 2 aromatic rings. The van der Waals surface area contributed by atoms with Crippen LogP contribution in [0.5, 0.6) is 5.75 Å². The lowest BCUT2D eigenvalue weighted by molar-refractivity contribution is -0.130. The van der Waals surface area contributed by atoms with E-state index >= 15 is 0 Å². The van der Waals surface area contributed by atoms with Crippen molar-refractivity contribution in [1.82, 2.24) is 14.2 Å². The van der Waals surface area contributed by atoms with Crippen molar-refractivity contribution in [3.05, 3.63) is 47.8 Å². The first-order valence-electron chi connectivity index (χ1n) is 13.2. The van der Waals surface area contributed by atoms with E-state index in [1.807, 2.05) is 24.5 Å². The second-order valence-electron chi connectivity index (χ2n) is 10.0. The molecule has 210 valence electrons. The molecule has 0 bridgehead atoms. The van der Waals surface area contributed by atoms with E-state index in [0.29, 0.717) is 42.6 Å². The van der Waals surface area contributed by atoms with Crippen molar-refractivity contribution in [1.29, 1.82) is 0 Å². The Kier molecular flexibility index (Phi) is 10.9. The molecule has 10 heteroatoms. The van der Waals surface area contributed by atoms with Crippen molar-refractivity contribution >= 4 is 21.6 Å². The third kappa shape index (κ3) is 7.91. The zero-order chi connectivity index (χ0) is 27.7. The number of nitrogens with zero attached hydrogens (tertiary/aromatic N) is 4.